The largest absolute Gasteiger partial charge is 0.496 e. The fraction of sp³-hybridized carbons (Fsp3) is 0.312. The van der Waals surface area contributed by atoms with Crippen molar-refractivity contribution in [2.75, 3.05) is 12.4 Å². The first-order valence-electron chi connectivity index (χ1n) is 7.22. The Morgan fingerprint density at radius 1 is 1.32 bits per heavy atom. The second-order valence-corrected chi connectivity index (χ2v) is 7.52. The van der Waals surface area contributed by atoms with Crippen LogP contribution in [0.1, 0.15) is 38.9 Å². The van der Waals surface area contributed by atoms with Crippen LogP contribution in [0.2, 0.25) is 0 Å². The molecule has 0 fully saturated rings. The molecule has 0 radical (unpaired) electrons. The summed E-state index contributed by atoms with van der Waals surface area (Å²) in [7, 11) is 1.64. The lowest BCUT2D eigenvalue weighted by Gasteiger charge is -2.27. The highest BCUT2D eigenvalue weighted by Gasteiger charge is 2.33. The number of fused-ring (bicyclic) bond motifs is 3. The van der Waals surface area contributed by atoms with Gasteiger partial charge in [0.2, 0.25) is 0 Å². The molecule has 2 aliphatic rings. The number of carbonyl (C=O) groups is 1. The summed E-state index contributed by atoms with van der Waals surface area (Å²) in [4.78, 5) is 13.9. The maximum Gasteiger partial charge on any atom is 0.256 e. The summed E-state index contributed by atoms with van der Waals surface area (Å²) in [6.45, 7) is 0. The maximum atomic E-state index is 12.6. The quantitative estimate of drug-likeness (QED) is 0.833. The fourth-order valence-electron chi connectivity index (χ4n) is 3.20. The van der Waals surface area contributed by atoms with Crippen LogP contribution in [0.3, 0.4) is 0 Å². The molecule has 1 aliphatic carbocycles. The van der Waals surface area contributed by atoms with Crippen LogP contribution in [0.25, 0.3) is 0 Å². The van der Waals surface area contributed by atoms with Crippen molar-refractivity contribution in [1.82, 2.24) is 5.32 Å². The molecule has 1 unspecified atom stereocenters. The van der Waals surface area contributed by atoms with Crippen LogP contribution in [0.4, 0.5) is 5.00 Å². The smallest absolute Gasteiger partial charge is 0.256 e. The van der Waals surface area contributed by atoms with E-state index in [9.17, 15) is 4.79 Å². The van der Waals surface area contributed by atoms with Gasteiger partial charge in [0, 0.05) is 14.9 Å². The molecule has 4 nitrogen and oxygen atoms in total. The Morgan fingerprint density at radius 2 is 2.18 bits per heavy atom. The highest BCUT2D eigenvalue weighted by molar-refractivity contribution is 9.10. The molecule has 2 N–H and O–H groups in total. The molecule has 1 aromatic carbocycles. The summed E-state index contributed by atoms with van der Waals surface area (Å²) in [5, 5.41) is 7.51. The van der Waals surface area contributed by atoms with Crippen LogP contribution in [-0.4, -0.2) is 13.0 Å². The maximum absolute atomic E-state index is 12.6. The van der Waals surface area contributed by atoms with E-state index in [2.05, 4.69) is 26.6 Å². The monoisotopic (exact) mass is 378 g/mol. The minimum Gasteiger partial charge on any atom is -0.496 e. The molecule has 2 aromatic rings. The van der Waals surface area contributed by atoms with Crippen molar-refractivity contribution in [3.63, 3.8) is 0 Å². The Morgan fingerprint density at radius 3 is 3.00 bits per heavy atom. The number of nitrogens with one attached hydrogen (secondary N) is 2. The summed E-state index contributed by atoms with van der Waals surface area (Å²) < 4.78 is 6.39. The van der Waals surface area contributed by atoms with Gasteiger partial charge in [0.15, 0.2) is 0 Å². The number of rotatable bonds is 2. The number of anilines is 1. The van der Waals surface area contributed by atoms with Gasteiger partial charge in [0.1, 0.15) is 16.9 Å². The van der Waals surface area contributed by atoms with Crippen molar-refractivity contribution in [1.29, 1.82) is 0 Å². The van der Waals surface area contributed by atoms with E-state index in [-0.39, 0.29) is 12.1 Å². The van der Waals surface area contributed by atoms with Crippen LogP contribution in [0.5, 0.6) is 5.75 Å². The number of amides is 1. The average Bonchev–Trinajstić information content (AvgIpc) is 3.07. The van der Waals surface area contributed by atoms with Gasteiger partial charge in [-0.2, -0.15) is 0 Å². The van der Waals surface area contributed by atoms with Crippen LogP contribution in [-0.2, 0) is 12.8 Å². The third-order valence-corrected chi connectivity index (χ3v) is 5.92. The molecule has 0 saturated carbocycles. The van der Waals surface area contributed by atoms with Crippen molar-refractivity contribution >= 4 is 38.2 Å². The normalized spacial score (nSPS) is 19.2. The summed E-state index contributed by atoms with van der Waals surface area (Å²) in [6.07, 6.45) is 2.99. The summed E-state index contributed by atoms with van der Waals surface area (Å²) in [6, 6.07) is 5.80. The number of halogens is 1. The number of hydrogen-bond acceptors (Lipinski definition) is 4. The molecule has 1 aromatic heterocycles. The Kier molecular flexibility index (Phi) is 3.38. The minimum absolute atomic E-state index is 0.0141. The Labute approximate surface area is 141 Å². The van der Waals surface area contributed by atoms with Crippen molar-refractivity contribution < 1.29 is 9.53 Å². The van der Waals surface area contributed by atoms with Crippen molar-refractivity contribution in [2.45, 2.75) is 25.4 Å². The standard InChI is InChI=1S/C16H15BrN2O2S/c1-21-11-6-5-8(17)7-10(11)14-18-15(20)13-9-3-2-4-12(9)22-16(13)19-14/h5-7,14,19H,2-4H2,1H3,(H,18,20). The summed E-state index contributed by atoms with van der Waals surface area (Å²) in [5.41, 5.74) is 3.01. The first-order valence-corrected chi connectivity index (χ1v) is 8.83. The highest BCUT2D eigenvalue weighted by Crippen LogP contribution is 2.43. The van der Waals surface area contributed by atoms with Crippen molar-refractivity contribution in [2.24, 2.45) is 0 Å². The van der Waals surface area contributed by atoms with Gasteiger partial charge in [-0.15, -0.1) is 11.3 Å². The summed E-state index contributed by atoms with van der Waals surface area (Å²) >= 11 is 5.20. The Balaban J connectivity index is 1.75. The second kappa shape index (κ2) is 5.28. The van der Waals surface area contributed by atoms with Crippen LogP contribution in [0, 0.1) is 0 Å². The molecule has 0 bridgehead atoms. The fourth-order valence-corrected chi connectivity index (χ4v) is 4.90. The molecule has 1 amide bonds. The van der Waals surface area contributed by atoms with Crippen LogP contribution < -0.4 is 15.4 Å². The number of ether oxygens (including phenoxy) is 1. The zero-order chi connectivity index (χ0) is 15.3. The van der Waals surface area contributed by atoms with E-state index in [0.29, 0.717) is 0 Å². The predicted octanol–water partition coefficient (Wildman–Crippen LogP) is 3.86. The van der Waals surface area contributed by atoms with Crippen LogP contribution in [0.15, 0.2) is 22.7 Å². The topological polar surface area (TPSA) is 50.4 Å². The van der Waals surface area contributed by atoms with Crippen LogP contribution >= 0.6 is 27.3 Å². The van der Waals surface area contributed by atoms with E-state index in [0.717, 1.165) is 45.6 Å². The predicted molar refractivity (Wildman–Crippen MR) is 90.9 cm³/mol. The molecule has 22 heavy (non-hydrogen) atoms. The first-order chi connectivity index (χ1) is 10.7. The number of benzene rings is 1. The van der Waals surface area contributed by atoms with Gasteiger partial charge in [0.25, 0.3) is 5.91 Å². The Bertz CT molecular complexity index is 772. The highest BCUT2D eigenvalue weighted by atomic mass is 79.9. The zero-order valence-electron chi connectivity index (χ0n) is 12.0. The lowest BCUT2D eigenvalue weighted by atomic mass is 10.1. The minimum atomic E-state index is -0.272. The zero-order valence-corrected chi connectivity index (χ0v) is 14.4. The van der Waals surface area contributed by atoms with E-state index < -0.39 is 0 Å². The van der Waals surface area contributed by atoms with Gasteiger partial charge in [0.05, 0.1) is 12.7 Å². The third-order valence-electron chi connectivity index (χ3n) is 4.20. The van der Waals surface area contributed by atoms with E-state index in [1.165, 1.54) is 10.4 Å². The van der Waals surface area contributed by atoms with Gasteiger partial charge < -0.3 is 15.4 Å². The molecular formula is C16H15BrN2O2S. The molecule has 2 heterocycles. The molecular weight excluding hydrogens is 364 g/mol. The van der Waals surface area contributed by atoms with Gasteiger partial charge >= 0.3 is 0 Å². The molecule has 4 rings (SSSR count). The third kappa shape index (κ3) is 2.13. The molecule has 1 atom stereocenters. The molecule has 0 saturated heterocycles. The van der Waals surface area contributed by atoms with Crippen molar-refractivity contribution in [3.8, 4) is 5.75 Å². The SMILES string of the molecule is COc1ccc(Br)cc1C1NC(=O)c2c(sc3c2CCC3)N1. The average molecular weight is 379 g/mol. The van der Waals surface area contributed by atoms with E-state index in [1.807, 2.05) is 18.2 Å². The number of carbonyl (C=O) groups excluding carboxylic acids is 1. The molecule has 6 heteroatoms. The number of methoxy groups -OCH3 is 1. The lowest BCUT2D eigenvalue weighted by molar-refractivity contribution is 0.0935. The molecule has 0 spiro atoms. The first kappa shape index (κ1) is 14.1. The Hall–Kier alpha value is -1.53. The van der Waals surface area contributed by atoms with Gasteiger partial charge in [-0.25, -0.2) is 0 Å². The van der Waals surface area contributed by atoms with E-state index in [4.69, 9.17) is 4.74 Å². The molecule has 114 valence electrons. The number of hydrogen-bond donors (Lipinski definition) is 2. The lowest BCUT2D eigenvalue weighted by Crippen LogP contribution is -2.38. The van der Waals surface area contributed by atoms with Gasteiger partial charge in [-0.1, -0.05) is 15.9 Å². The van der Waals surface area contributed by atoms with Gasteiger partial charge in [-0.3, -0.25) is 4.79 Å². The van der Waals surface area contributed by atoms with Gasteiger partial charge in [-0.05, 0) is 43.0 Å². The number of aryl methyl sites for hydroxylation is 1. The van der Waals surface area contributed by atoms with E-state index >= 15 is 0 Å². The number of thiophene rings is 1. The van der Waals surface area contributed by atoms with E-state index in [1.54, 1.807) is 18.4 Å². The summed E-state index contributed by atoms with van der Waals surface area (Å²) in [5.74, 6) is 0.772. The molecule has 1 aliphatic heterocycles. The second-order valence-electron chi connectivity index (χ2n) is 5.50. The van der Waals surface area contributed by atoms with Crippen molar-refractivity contribution in [3.05, 3.63) is 44.2 Å².